The number of urea groups is 1. The molecule has 0 bridgehead atoms. The lowest BCUT2D eigenvalue weighted by Crippen LogP contribution is -3.09. The summed E-state index contributed by atoms with van der Waals surface area (Å²) in [6.45, 7) is 5.54. The van der Waals surface area contributed by atoms with E-state index in [1.807, 2.05) is 0 Å². The number of nitrogens with one attached hydrogen (secondary N) is 2. The van der Waals surface area contributed by atoms with Gasteiger partial charge in [-0.1, -0.05) is 38.0 Å². The normalized spacial score (nSPS) is 28.7. The lowest BCUT2D eigenvalue weighted by atomic mass is 9.73. The number of nitrogens with zero attached hydrogens (tertiary/aromatic N) is 2. The second-order valence-corrected chi connectivity index (χ2v) is 9.25. The Hall–Kier alpha value is -2.08. The van der Waals surface area contributed by atoms with Crippen LogP contribution in [0.2, 0.25) is 0 Å². The van der Waals surface area contributed by atoms with Crippen LogP contribution in [-0.2, 0) is 11.3 Å². The van der Waals surface area contributed by atoms with Gasteiger partial charge in [-0.05, 0) is 44.1 Å². The van der Waals surface area contributed by atoms with Gasteiger partial charge in [0.05, 0.1) is 7.05 Å². The lowest BCUT2D eigenvalue weighted by molar-refractivity contribution is -0.901. The lowest BCUT2D eigenvalue weighted by Gasteiger charge is -2.36. The first-order valence-electron chi connectivity index (χ1n) is 11.3. The van der Waals surface area contributed by atoms with E-state index in [9.17, 15) is 9.59 Å². The molecule has 1 aliphatic carbocycles. The molecule has 29 heavy (non-hydrogen) atoms. The van der Waals surface area contributed by atoms with Crippen LogP contribution < -0.4 is 15.1 Å². The monoisotopic (exact) mass is 399 g/mol. The fourth-order valence-electron chi connectivity index (χ4n) is 5.39. The molecular weight excluding hydrogens is 364 g/mol. The second-order valence-electron chi connectivity index (χ2n) is 9.25. The van der Waals surface area contributed by atoms with Crippen molar-refractivity contribution >= 4 is 17.6 Å². The highest BCUT2D eigenvalue weighted by Crippen LogP contribution is 2.37. The topological polar surface area (TPSA) is 57.1 Å². The highest BCUT2D eigenvalue weighted by molar-refractivity contribution is 6.07. The van der Waals surface area contributed by atoms with E-state index in [0.29, 0.717) is 6.67 Å². The predicted molar refractivity (Wildman–Crippen MR) is 114 cm³/mol. The maximum absolute atomic E-state index is 13.2. The Kier molecular flexibility index (Phi) is 5.81. The van der Waals surface area contributed by atoms with Crippen molar-refractivity contribution in [1.29, 1.82) is 0 Å². The van der Waals surface area contributed by atoms with Crippen molar-refractivity contribution in [2.45, 2.75) is 64.0 Å². The van der Waals surface area contributed by atoms with Gasteiger partial charge >= 0.3 is 6.03 Å². The molecule has 3 aliphatic rings. The first kappa shape index (κ1) is 20.2. The number of para-hydroxylation sites is 1. The number of piperidine rings is 1. The molecule has 158 valence electrons. The van der Waals surface area contributed by atoms with Gasteiger partial charge in [-0.15, -0.1) is 0 Å². The molecule has 0 radical (unpaired) electrons. The van der Waals surface area contributed by atoms with Crippen molar-refractivity contribution in [2.24, 2.45) is 5.92 Å². The Balaban J connectivity index is 1.44. The second kappa shape index (κ2) is 8.34. The summed E-state index contributed by atoms with van der Waals surface area (Å²) in [5.74, 6) is 0.191. The molecule has 0 aromatic heterocycles. The van der Waals surface area contributed by atoms with Crippen LogP contribution in [0, 0.1) is 5.92 Å². The van der Waals surface area contributed by atoms with Gasteiger partial charge in [-0.2, -0.15) is 0 Å². The van der Waals surface area contributed by atoms with Gasteiger partial charge in [0.15, 0.2) is 6.67 Å². The number of quaternary nitrogens is 1. The third-order valence-corrected chi connectivity index (χ3v) is 7.11. The molecule has 6 heteroatoms. The summed E-state index contributed by atoms with van der Waals surface area (Å²) in [6, 6.07) is 8.37. The van der Waals surface area contributed by atoms with E-state index in [-0.39, 0.29) is 17.9 Å². The maximum atomic E-state index is 13.2. The minimum Gasteiger partial charge on any atom is -0.371 e. The van der Waals surface area contributed by atoms with Crippen LogP contribution in [0.3, 0.4) is 0 Å². The SMILES string of the molecule is C[C@@H]1CCCC[C@@]12NC(=O)N(C[NH+](C)Cc1ccccc1N1CCCCC1)C2=O. The number of benzene rings is 1. The molecule has 2 aliphatic heterocycles. The number of imide groups is 1. The Bertz CT molecular complexity index is 761. The van der Waals surface area contributed by atoms with Gasteiger partial charge < -0.3 is 15.1 Å². The van der Waals surface area contributed by atoms with E-state index in [2.05, 4.69) is 48.5 Å². The summed E-state index contributed by atoms with van der Waals surface area (Å²) >= 11 is 0. The van der Waals surface area contributed by atoms with Gasteiger partial charge in [-0.3, -0.25) is 4.79 Å². The third kappa shape index (κ3) is 3.87. The van der Waals surface area contributed by atoms with Crippen LogP contribution in [0.4, 0.5) is 10.5 Å². The quantitative estimate of drug-likeness (QED) is 0.746. The summed E-state index contributed by atoms with van der Waals surface area (Å²) in [5, 5.41) is 3.07. The summed E-state index contributed by atoms with van der Waals surface area (Å²) in [5.41, 5.74) is 1.93. The van der Waals surface area contributed by atoms with Gasteiger partial charge in [0.25, 0.3) is 5.91 Å². The zero-order valence-electron chi connectivity index (χ0n) is 17.9. The zero-order chi connectivity index (χ0) is 20.4. The largest absolute Gasteiger partial charge is 0.371 e. The Morgan fingerprint density at radius 3 is 2.62 bits per heavy atom. The number of rotatable bonds is 5. The zero-order valence-corrected chi connectivity index (χ0v) is 17.9. The van der Waals surface area contributed by atoms with E-state index in [0.717, 1.165) is 50.2 Å². The maximum Gasteiger partial charge on any atom is 0.329 e. The Morgan fingerprint density at radius 2 is 1.86 bits per heavy atom. The smallest absolute Gasteiger partial charge is 0.329 e. The average Bonchev–Trinajstić information content (AvgIpc) is 2.96. The summed E-state index contributed by atoms with van der Waals surface area (Å²) in [6.07, 6.45) is 7.74. The highest BCUT2D eigenvalue weighted by Gasteiger charge is 2.55. The molecule has 3 amide bonds. The van der Waals surface area contributed by atoms with Gasteiger partial charge in [0.1, 0.15) is 12.1 Å². The highest BCUT2D eigenvalue weighted by atomic mass is 16.2. The molecule has 6 nitrogen and oxygen atoms in total. The van der Waals surface area contributed by atoms with Crippen molar-refractivity contribution in [2.75, 3.05) is 31.7 Å². The molecule has 1 unspecified atom stereocenters. The van der Waals surface area contributed by atoms with E-state index in [1.165, 1.54) is 35.4 Å². The van der Waals surface area contributed by atoms with Gasteiger partial charge in [0, 0.05) is 24.3 Å². The van der Waals surface area contributed by atoms with Crippen LogP contribution in [0.15, 0.2) is 24.3 Å². The predicted octanol–water partition coefficient (Wildman–Crippen LogP) is 2.15. The van der Waals surface area contributed by atoms with E-state index in [1.54, 1.807) is 0 Å². The molecule has 2 N–H and O–H groups in total. The third-order valence-electron chi connectivity index (χ3n) is 7.11. The summed E-state index contributed by atoms with van der Waals surface area (Å²) < 4.78 is 0. The molecule has 1 spiro atoms. The molecule has 1 aromatic rings. The van der Waals surface area contributed by atoms with Crippen LogP contribution in [0.5, 0.6) is 0 Å². The molecule has 2 heterocycles. The molecule has 3 atom stereocenters. The number of carbonyl (C=O) groups is 2. The summed E-state index contributed by atoms with van der Waals surface area (Å²) in [4.78, 5) is 31.0. The van der Waals surface area contributed by atoms with Crippen molar-refractivity contribution in [3.63, 3.8) is 0 Å². The standard InChI is InChI=1S/C23H34N4O2/c1-18-10-6-7-13-23(18)21(28)27(22(29)24-23)17-25(2)16-19-11-4-5-12-20(19)26-14-8-3-9-15-26/h4-5,11-12,18H,3,6-10,13-17H2,1-2H3,(H,24,29)/p+1/t18-,23-/m1/s1. The van der Waals surface area contributed by atoms with E-state index >= 15 is 0 Å². The molecule has 1 saturated carbocycles. The average molecular weight is 400 g/mol. The van der Waals surface area contributed by atoms with E-state index < -0.39 is 5.54 Å². The van der Waals surface area contributed by atoms with Crippen molar-refractivity contribution in [3.8, 4) is 0 Å². The summed E-state index contributed by atoms with van der Waals surface area (Å²) in [7, 11) is 2.07. The molecule has 2 saturated heterocycles. The van der Waals surface area contributed by atoms with Crippen molar-refractivity contribution in [1.82, 2.24) is 10.2 Å². The Morgan fingerprint density at radius 1 is 1.10 bits per heavy atom. The van der Waals surface area contributed by atoms with Gasteiger partial charge in [-0.25, -0.2) is 9.69 Å². The molecule has 1 aromatic carbocycles. The van der Waals surface area contributed by atoms with Crippen LogP contribution in [0.1, 0.15) is 57.4 Å². The van der Waals surface area contributed by atoms with Crippen molar-refractivity contribution in [3.05, 3.63) is 29.8 Å². The fraction of sp³-hybridized carbons (Fsp3) is 0.652. The van der Waals surface area contributed by atoms with Crippen LogP contribution >= 0.6 is 0 Å². The number of hydrogen-bond acceptors (Lipinski definition) is 3. The Labute approximate surface area is 174 Å². The minimum absolute atomic E-state index is 0.0154. The van der Waals surface area contributed by atoms with Crippen molar-refractivity contribution < 1.29 is 14.5 Å². The molecule has 3 fully saturated rings. The minimum atomic E-state index is -0.665. The van der Waals surface area contributed by atoms with Crippen LogP contribution in [-0.4, -0.2) is 49.2 Å². The van der Waals surface area contributed by atoms with Crippen LogP contribution in [0.25, 0.3) is 0 Å². The number of hydrogen-bond donors (Lipinski definition) is 2. The first-order valence-corrected chi connectivity index (χ1v) is 11.3. The first-order chi connectivity index (χ1) is 14.0. The molecular formula is C23H35N4O2+. The van der Waals surface area contributed by atoms with Gasteiger partial charge in [0.2, 0.25) is 0 Å². The number of carbonyl (C=O) groups excluding carboxylic acids is 2. The van der Waals surface area contributed by atoms with E-state index in [4.69, 9.17) is 0 Å². The number of amides is 3. The fourth-order valence-corrected chi connectivity index (χ4v) is 5.39. The number of anilines is 1. The molecule has 4 rings (SSSR count).